The predicted molar refractivity (Wildman–Crippen MR) is 94.9 cm³/mol. The van der Waals surface area contributed by atoms with Gasteiger partial charge >= 0.3 is 6.09 Å². The summed E-state index contributed by atoms with van der Waals surface area (Å²) in [4.78, 5) is 19.2. The number of likely N-dealkylation sites (tertiary alicyclic amines) is 1. The first-order valence-corrected chi connectivity index (χ1v) is 8.25. The molecule has 0 aromatic carbocycles. The zero-order chi connectivity index (χ0) is 15.6. The lowest BCUT2D eigenvalue weighted by Crippen LogP contribution is -2.41. The van der Waals surface area contributed by atoms with E-state index in [-0.39, 0.29) is 23.1 Å². The van der Waals surface area contributed by atoms with Gasteiger partial charge in [0, 0.05) is 44.2 Å². The lowest BCUT2D eigenvalue weighted by Gasteiger charge is -2.33. The van der Waals surface area contributed by atoms with Crippen molar-refractivity contribution in [3.63, 3.8) is 0 Å². The van der Waals surface area contributed by atoms with Crippen LogP contribution in [0.1, 0.15) is 45.2 Å². The number of carbonyl (C=O) groups is 1. The molecule has 0 bridgehead atoms. The Bertz CT molecular complexity index is 566. The fourth-order valence-electron chi connectivity index (χ4n) is 2.64. The third kappa shape index (κ3) is 4.59. The third-order valence-electron chi connectivity index (χ3n) is 3.72. The highest BCUT2D eigenvalue weighted by molar-refractivity contribution is 8.93. The first-order valence-electron chi connectivity index (χ1n) is 7.37. The lowest BCUT2D eigenvalue weighted by atomic mass is 9.94. The molecular weight excluding hydrogens is 366 g/mol. The molecule has 1 fully saturated rings. The van der Waals surface area contributed by atoms with E-state index in [9.17, 15) is 4.79 Å². The van der Waals surface area contributed by atoms with Gasteiger partial charge in [-0.2, -0.15) is 0 Å². The Morgan fingerprint density at radius 3 is 2.41 bits per heavy atom. The van der Waals surface area contributed by atoms with E-state index < -0.39 is 5.60 Å². The quantitative estimate of drug-likeness (QED) is 0.736. The summed E-state index contributed by atoms with van der Waals surface area (Å²) < 4.78 is 7.60. The summed E-state index contributed by atoms with van der Waals surface area (Å²) in [6.07, 6.45) is 1.76. The molecule has 22 heavy (non-hydrogen) atoms. The maximum Gasteiger partial charge on any atom is 0.410 e. The monoisotopic (exact) mass is 391 g/mol. The van der Waals surface area contributed by atoms with Gasteiger partial charge in [-0.05, 0) is 33.6 Å². The van der Waals surface area contributed by atoms with E-state index in [0.29, 0.717) is 5.92 Å². The molecule has 0 atom stereocenters. The summed E-state index contributed by atoms with van der Waals surface area (Å²) >= 11 is 1.68. The molecular formula is C15H26BrN3O2S. The van der Waals surface area contributed by atoms with E-state index in [4.69, 9.17) is 4.74 Å². The van der Waals surface area contributed by atoms with Gasteiger partial charge in [0.2, 0.25) is 0 Å². The smallest absolute Gasteiger partial charge is 0.410 e. The van der Waals surface area contributed by atoms with Gasteiger partial charge in [-0.25, -0.2) is 4.79 Å². The van der Waals surface area contributed by atoms with Crippen LogP contribution in [0.3, 0.4) is 0 Å². The minimum Gasteiger partial charge on any atom is -0.444 e. The van der Waals surface area contributed by atoms with Crippen LogP contribution in [0.4, 0.5) is 4.79 Å². The van der Waals surface area contributed by atoms with E-state index in [0.717, 1.165) is 30.7 Å². The first kappa shape index (κ1) is 19.2. The van der Waals surface area contributed by atoms with Crippen molar-refractivity contribution in [2.75, 3.05) is 20.1 Å². The predicted octanol–water partition coefficient (Wildman–Crippen LogP) is 3.31. The molecule has 1 aliphatic heterocycles. The molecule has 1 saturated heterocycles. The minimum atomic E-state index is -0.425. The number of piperidine rings is 1. The van der Waals surface area contributed by atoms with Crippen LogP contribution in [-0.4, -0.2) is 41.3 Å². The maximum atomic E-state index is 12.1. The number of aromatic nitrogens is 1. The Hall–Kier alpha value is -0.820. The van der Waals surface area contributed by atoms with Crippen molar-refractivity contribution in [2.24, 2.45) is 12.0 Å². The lowest BCUT2D eigenvalue weighted by molar-refractivity contribution is 0.0203. The maximum absolute atomic E-state index is 12.1. The molecule has 0 unspecified atom stereocenters. The Morgan fingerprint density at radius 1 is 1.36 bits per heavy atom. The van der Waals surface area contributed by atoms with Crippen LogP contribution in [0.5, 0.6) is 0 Å². The third-order valence-corrected chi connectivity index (χ3v) is 4.74. The van der Waals surface area contributed by atoms with Crippen LogP contribution in [0.2, 0.25) is 0 Å². The fraction of sp³-hybridized carbons (Fsp3) is 0.733. The van der Waals surface area contributed by atoms with Gasteiger partial charge in [0.05, 0.1) is 0 Å². The number of hydrogen-bond acceptors (Lipinski definition) is 4. The van der Waals surface area contributed by atoms with Crippen molar-refractivity contribution in [3.05, 3.63) is 15.9 Å². The van der Waals surface area contributed by atoms with Crippen molar-refractivity contribution in [2.45, 2.75) is 45.1 Å². The molecule has 0 spiro atoms. The molecule has 2 heterocycles. The number of hydrogen-bond donors (Lipinski definition) is 0. The van der Waals surface area contributed by atoms with Crippen molar-refractivity contribution >= 4 is 34.4 Å². The molecule has 1 amide bonds. The van der Waals surface area contributed by atoms with Crippen LogP contribution < -0.4 is 4.80 Å². The van der Waals surface area contributed by atoms with E-state index in [1.54, 1.807) is 11.3 Å². The summed E-state index contributed by atoms with van der Waals surface area (Å²) in [7, 11) is 3.88. The molecule has 0 saturated carbocycles. The second kappa shape index (κ2) is 7.64. The van der Waals surface area contributed by atoms with Crippen LogP contribution in [0, 0.1) is 0 Å². The number of rotatable bonds is 1. The highest BCUT2D eigenvalue weighted by atomic mass is 79.9. The molecule has 0 N–H and O–H groups in total. The summed E-state index contributed by atoms with van der Waals surface area (Å²) in [5, 5.41) is 2.19. The van der Waals surface area contributed by atoms with Gasteiger partial charge in [0.15, 0.2) is 4.80 Å². The Morgan fingerprint density at radius 2 is 1.95 bits per heavy atom. The van der Waals surface area contributed by atoms with Crippen LogP contribution in [0.25, 0.3) is 0 Å². The first-order chi connectivity index (χ1) is 9.81. The number of nitrogens with zero attached hydrogens (tertiary/aromatic N) is 3. The number of thiazole rings is 1. The molecule has 1 aromatic heterocycles. The average Bonchev–Trinajstić information content (AvgIpc) is 2.78. The standard InChI is InChI=1S/C15H25N3O2S.BrH/c1-15(2,3)20-14(19)18-8-6-11(7-9-18)12-10-21-13(16-4)17(12)5;/h10-11H,6-9H2,1-5H3;1H. The topological polar surface area (TPSA) is 46.8 Å². The molecule has 0 radical (unpaired) electrons. The van der Waals surface area contributed by atoms with Crippen molar-refractivity contribution in [1.82, 2.24) is 9.47 Å². The number of ether oxygens (including phenoxy) is 1. The van der Waals surface area contributed by atoms with Gasteiger partial charge in [-0.1, -0.05) is 0 Å². The number of carbonyl (C=O) groups excluding carboxylic acids is 1. The Labute approximate surface area is 146 Å². The minimum absolute atomic E-state index is 0. The van der Waals surface area contributed by atoms with E-state index in [1.807, 2.05) is 32.7 Å². The second-order valence-corrected chi connectivity index (χ2v) is 7.30. The van der Waals surface area contributed by atoms with Crippen LogP contribution >= 0.6 is 28.3 Å². The van der Waals surface area contributed by atoms with Gasteiger partial charge in [-0.15, -0.1) is 28.3 Å². The average molecular weight is 392 g/mol. The zero-order valence-corrected chi connectivity index (χ0v) is 16.5. The summed E-state index contributed by atoms with van der Waals surface area (Å²) in [6, 6.07) is 0. The SMILES string of the molecule is Br.CN=c1scc(C2CCN(C(=O)OC(C)(C)C)CC2)n1C. The molecule has 1 aromatic rings. The summed E-state index contributed by atoms with van der Waals surface area (Å²) in [6.45, 7) is 7.22. The Kier molecular flexibility index (Phi) is 6.67. The molecule has 5 nitrogen and oxygen atoms in total. The van der Waals surface area contributed by atoms with E-state index in [1.165, 1.54) is 5.69 Å². The largest absolute Gasteiger partial charge is 0.444 e. The molecule has 126 valence electrons. The number of halogens is 1. The van der Waals surface area contributed by atoms with Crippen LogP contribution in [0.15, 0.2) is 10.4 Å². The molecule has 7 heteroatoms. The van der Waals surface area contributed by atoms with Gasteiger partial charge in [0.25, 0.3) is 0 Å². The Balaban J connectivity index is 0.00000242. The highest BCUT2D eigenvalue weighted by Gasteiger charge is 2.28. The fourth-order valence-corrected chi connectivity index (χ4v) is 3.58. The van der Waals surface area contributed by atoms with Gasteiger partial charge < -0.3 is 14.2 Å². The summed E-state index contributed by atoms with van der Waals surface area (Å²) in [5.41, 5.74) is 0.898. The van der Waals surface area contributed by atoms with Crippen molar-refractivity contribution in [1.29, 1.82) is 0 Å². The molecule has 2 rings (SSSR count). The molecule has 0 aliphatic carbocycles. The zero-order valence-electron chi connectivity index (χ0n) is 14.0. The van der Waals surface area contributed by atoms with Crippen LogP contribution in [-0.2, 0) is 11.8 Å². The van der Waals surface area contributed by atoms with E-state index in [2.05, 4.69) is 22.0 Å². The van der Waals surface area contributed by atoms with Gasteiger partial charge in [-0.3, -0.25) is 4.99 Å². The summed E-state index contributed by atoms with van der Waals surface area (Å²) in [5.74, 6) is 0.500. The van der Waals surface area contributed by atoms with E-state index >= 15 is 0 Å². The second-order valence-electron chi connectivity index (χ2n) is 6.47. The van der Waals surface area contributed by atoms with Crippen molar-refractivity contribution in [3.8, 4) is 0 Å². The highest BCUT2D eigenvalue weighted by Crippen LogP contribution is 2.28. The van der Waals surface area contributed by atoms with Crippen molar-refractivity contribution < 1.29 is 9.53 Å². The molecule has 1 aliphatic rings. The normalized spacial score (nSPS) is 17.3. The number of amides is 1. The van der Waals surface area contributed by atoms with Gasteiger partial charge in [0.1, 0.15) is 5.60 Å².